The monoisotopic (exact) mass is 293 g/mol. The molecule has 0 aliphatic carbocycles. The molecule has 0 aliphatic heterocycles. The fourth-order valence-corrected chi connectivity index (χ4v) is 2.22. The van der Waals surface area contributed by atoms with Gasteiger partial charge in [0.2, 0.25) is 0 Å². The van der Waals surface area contributed by atoms with Crippen LogP contribution in [0.5, 0.6) is 0 Å². The summed E-state index contributed by atoms with van der Waals surface area (Å²) in [4.78, 5) is 0. The molecule has 0 unspecified atom stereocenters. The van der Waals surface area contributed by atoms with Gasteiger partial charge in [-0.15, -0.1) is 0 Å². The van der Waals surface area contributed by atoms with E-state index >= 15 is 0 Å². The van der Waals surface area contributed by atoms with Crippen molar-refractivity contribution in [1.29, 1.82) is 0 Å². The summed E-state index contributed by atoms with van der Waals surface area (Å²) >= 11 is 3.44. The van der Waals surface area contributed by atoms with Crippen LogP contribution in [0.4, 0.5) is 0 Å². The van der Waals surface area contributed by atoms with Gasteiger partial charge >= 0.3 is 0 Å². The zero-order valence-corrected chi connectivity index (χ0v) is 11.4. The number of benzene rings is 1. The molecule has 17 heavy (non-hydrogen) atoms. The van der Waals surface area contributed by atoms with Crippen molar-refractivity contribution in [1.82, 2.24) is 9.78 Å². The lowest BCUT2D eigenvalue weighted by Gasteiger charge is -2.07. The fourth-order valence-electron chi connectivity index (χ4n) is 1.95. The second-order valence-corrected chi connectivity index (χ2v) is 4.81. The van der Waals surface area contributed by atoms with Gasteiger partial charge in [-0.25, -0.2) is 4.68 Å². The second-order valence-electron chi connectivity index (χ2n) is 3.90. The maximum atomic E-state index is 5.61. The number of aromatic nitrogens is 2. The molecule has 1 aromatic heterocycles. The lowest BCUT2D eigenvalue weighted by Crippen LogP contribution is -2.06. The summed E-state index contributed by atoms with van der Waals surface area (Å²) in [5, 5.41) is 4.45. The molecule has 0 radical (unpaired) electrons. The van der Waals surface area contributed by atoms with Crippen molar-refractivity contribution >= 4 is 15.9 Å². The Labute approximate surface area is 110 Å². The predicted molar refractivity (Wildman–Crippen MR) is 73.4 cm³/mol. The van der Waals surface area contributed by atoms with Crippen LogP contribution >= 0.6 is 15.9 Å². The minimum atomic E-state index is 0.666. The third kappa shape index (κ3) is 2.58. The molecule has 1 aromatic carbocycles. The van der Waals surface area contributed by atoms with Gasteiger partial charge in [-0.3, -0.25) is 0 Å². The Hall–Kier alpha value is -1.13. The quantitative estimate of drug-likeness (QED) is 0.942. The first-order chi connectivity index (χ1) is 8.26. The Bertz CT molecular complexity index is 488. The van der Waals surface area contributed by atoms with Crippen LogP contribution in [0, 0.1) is 0 Å². The Kier molecular flexibility index (Phi) is 3.97. The molecule has 0 bridgehead atoms. The molecule has 90 valence electrons. The molecule has 0 saturated carbocycles. The number of nitrogens with zero attached hydrogens (tertiary/aromatic N) is 2. The zero-order valence-electron chi connectivity index (χ0n) is 9.86. The SMILES string of the molecule is CCc1c(CCN)cnn1-c1ccc(Br)cc1. The predicted octanol–water partition coefficient (Wildman–Crippen LogP) is 2.70. The summed E-state index contributed by atoms with van der Waals surface area (Å²) < 4.78 is 3.07. The molecule has 3 nitrogen and oxygen atoms in total. The van der Waals surface area contributed by atoms with Crippen LogP contribution in [-0.2, 0) is 12.8 Å². The van der Waals surface area contributed by atoms with E-state index in [9.17, 15) is 0 Å². The first kappa shape index (κ1) is 12.3. The second kappa shape index (κ2) is 5.47. The van der Waals surface area contributed by atoms with Crippen LogP contribution in [-0.4, -0.2) is 16.3 Å². The summed E-state index contributed by atoms with van der Waals surface area (Å²) in [6.45, 7) is 2.81. The highest BCUT2D eigenvalue weighted by atomic mass is 79.9. The summed E-state index contributed by atoms with van der Waals surface area (Å²) in [5.41, 5.74) is 9.20. The lowest BCUT2D eigenvalue weighted by atomic mass is 10.1. The number of halogens is 1. The maximum Gasteiger partial charge on any atom is 0.0649 e. The van der Waals surface area contributed by atoms with Gasteiger partial charge in [0.05, 0.1) is 11.9 Å². The highest BCUT2D eigenvalue weighted by Crippen LogP contribution is 2.18. The van der Waals surface area contributed by atoms with Crippen molar-refractivity contribution in [2.24, 2.45) is 5.73 Å². The number of hydrogen-bond donors (Lipinski definition) is 1. The summed E-state index contributed by atoms with van der Waals surface area (Å²) in [6, 6.07) is 8.17. The average molecular weight is 294 g/mol. The molecular weight excluding hydrogens is 278 g/mol. The van der Waals surface area contributed by atoms with Gasteiger partial charge in [-0.05, 0) is 49.2 Å². The Morgan fingerprint density at radius 3 is 2.59 bits per heavy atom. The fraction of sp³-hybridized carbons (Fsp3) is 0.308. The van der Waals surface area contributed by atoms with Crippen LogP contribution in [0.25, 0.3) is 5.69 Å². The van der Waals surface area contributed by atoms with Gasteiger partial charge in [0.25, 0.3) is 0 Å². The third-order valence-electron chi connectivity index (χ3n) is 2.78. The van der Waals surface area contributed by atoms with E-state index in [-0.39, 0.29) is 0 Å². The van der Waals surface area contributed by atoms with E-state index in [4.69, 9.17) is 5.73 Å². The van der Waals surface area contributed by atoms with Crippen LogP contribution < -0.4 is 5.73 Å². The van der Waals surface area contributed by atoms with Gasteiger partial charge in [-0.2, -0.15) is 5.10 Å². The highest BCUT2D eigenvalue weighted by Gasteiger charge is 2.09. The Morgan fingerprint density at radius 1 is 1.29 bits per heavy atom. The summed E-state index contributed by atoms with van der Waals surface area (Å²) in [7, 11) is 0. The Balaban J connectivity index is 2.41. The van der Waals surface area contributed by atoms with Crippen LogP contribution in [0.1, 0.15) is 18.2 Å². The first-order valence-corrected chi connectivity index (χ1v) is 6.57. The van der Waals surface area contributed by atoms with E-state index in [1.807, 2.05) is 23.0 Å². The lowest BCUT2D eigenvalue weighted by molar-refractivity contribution is 0.805. The summed E-state index contributed by atoms with van der Waals surface area (Å²) in [6.07, 6.45) is 3.78. The van der Waals surface area contributed by atoms with Crippen molar-refractivity contribution in [3.63, 3.8) is 0 Å². The zero-order chi connectivity index (χ0) is 12.3. The molecule has 0 saturated heterocycles. The molecule has 2 rings (SSSR count). The van der Waals surface area contributed by atoms with E-state index in [1.54, 1.807) is 0 Å². The minimum absolute atomic E-state index is 0.666. The van der Waals surface area contributed by atoms with Crippen molar-refractivity contribution in [2.75, 3.05) is 6.54 Å². The van der Waals surface area contributed by atoms with Gasteiger partial charge in [-0.1, -0.05) is 22.9 Å². The average Bonchev–Trinajstić information content (AvgIpc) is 2.73. The maximum absolute atomic E-state index is 5.61. The molecule has 2 aromatic rings. The first-order valence-electron chi connectivity index (χ1n) is 5.78. The molecule has 0 fully saturated rings. The molecule has 0 amide bonds. The largest absolute Gasteiger partial charge is 0.330 e. The smallest absolute Gasteiger partial charge is 0.0649 e. The van der Waals surface area contributed by atoms with Crippen molar-refractivity contribution in [3.05, 3.63) is 46.2 Å². The van der Waals surface area contributed by atoms with Gasteiger partial charge in [0.15, 0.2) is 0 Å². The number of hydrogen-bond acceptors (Lipinski definition) is 2. The van der Waals surface area contributed by atoms with E-state index < -0.39 is 0 Å². The third-order valence-corrected chi connectivity index (χ3v) is 3.30. The molecular formula is C13H16BrN3. The van der Waals surface area contributed by atoms with Crippen molar-refractivity contribution in [2.45, 2.75) is 19.8 Å². The van der Waals surface area contributed by atoms with Gasteiger partial charge in [0, 0.05) is 10.2 Å². The van der Waals surface area contributed by atoms with E-state index in [0.29, 0.717) is 6.54 Å². The van der Waals surface area contributed by atoms with E-state index in [2.05, 4.69) is 40.1 Å². The summed E-state index contributed by atoms with van der Waals surface area (Å²) in [5.74, 6) is 0. The normalized spacial score (nSPS) is 10.8. The highest BCUT2D eigenvalue weighted by molar-refractivity contribution is 9.10. The van der Waals surface area contributed by atoms with Crippen LogP contribution in [0.3, 0.4) is 0 Å². The molecule has 0 spiro atoms. The standard InChI is InChI=1S/C13H16BrN3/c1-2-13-10(7-8-15)9-16-17(13)12-5-3-11(14)4-6-12/h3-6,9H,2,7-8,15H2,1H3. The van der Waals surface area contributed by atoms with Gasteiger partial charge < -0.3 is 5.73 Å². The van der Waals surface area contributed by atoms with E-state index in [0.717, 1.165) is 23.0 Å². The number of rotatable bonds is 4. The van der Waals surface area contributed by atoms with Gasteiger partial charge in [0.1, 0.15) is 0 Å². The van der Waals surface area contributed by atoms with Crippen molar-refractivity contribution in [3.8, 4) is 5.69 Å². The number of nitrogens with two attached hydrogens (primary N) is 1. The van der Waals surface area contributed by atoms with Crippen LogP contribution in [0.15, 0.2) is 34.9 Å². The molecule has 0 atom stereocenters. The Morgan fingerprint density at radius 2 is 2.00 bits per heavy atom. The van der Waals surface area contributed by atoms with Crippen LogP contribution in [0.2, 0.25) is 0 Å². The van der Waals surface area contributed by atoms with E-state index in [1.165, 1.54) is 11.3 Å². The molecule has 1 heterocycles. The topological polar surface area (TPSA) is 43.8 Å². The molecule has 2 N–H and O–H groups in total. The molecule has 0 aliphatic rings. The minimum Gasteiger partial charge on any atom is -0.330 e. The molecule has 4 heteroatoms. The van der Waals surface area contributed by atoms with Crippen molar-refractivity contribution < 1.29 is 0 Å².